The Morgan fingerprint density at radius 3 is 2.91 bits per heavy atom. The van der Waals surface area contributed by atoms with Gasteiger partial charge in [-0.3, -0.25) is 4.99 Å². The molecule has 0 saturated heterocycles. The van der Waals surface area contributed by atoms with Crippen LogP contribution in [0.2, 0.25) is 0 Å². The lowest BCUT2D eigenvalue weighted by Crippen LogP contribution is -2.33. The zero-order valence-corrected chi connectivity index (χ0v) is 15.4. The number of thioether (sulfide) groups is 1. The zero-order chi connectivity index (χ0) is 16.3. The third kappa shape index (κ3) is 7.56. The number of guanidine groups is 1. The lowest BCUT2D eigenvalue weighted by Gasteiger charge is -2.06. The molecule has 0 radical (unpaired) electrons. The van der Waals surface area contributed by atoms with Crippen molar-refractivity contribution in [3.8, 4) is 0 Å². The van der Waals surface area contributed by atoms with Crippen LogP contribution in [0.5, 0.6) is 0 Å². The first-order valence-corrected chi connectivity index (χ1v) is 9.52. The number of rotatable bonds is 9. The van der Waals surface area contributed by atoms with Crippen LogP contribution >= 0.6 is 27.7 Å². The summed E-state index contributed by atoms with van der Waals surface area (Å²) in [6.45, 7) is 1.56. The highest BCUT2D eigenvalue weighted by atomic mass is 79.9. The highest BCUT2D eigenvalue weighted by Gasteiger charge is 1.96. The molecule has 7 heteroatoms. The van der Waals surface area contributed by atoms with Gasteiger partial charge >= 0.3 is 0 Å². The molecule has 0 saturated carbocycles. The van der Waals surface area contributed by atoms with E-state index in [1.807, 2.05) is 18.0 Å². The van der Waals surface area contributed by atoms with E-state index in [1.54, 1.807) is 6.33 Å². The van der Waals surface area contributed by atoms with Crippen molar-refractivity contribution in [1.82, 2.24) is 15.3 Å². The standard InChI is InChI=1S/C16H22BrN5S/c17-14-5-3-13(4-6-14)11-23-9-8-21-16(18)20-7-1-2-15-10-19-12-22-15/h3-6,10,12H,1-2,7-9,11H2,(H,19,22)(H3,18,20,21). The molecule has 0 aliphatic heterocycles. The Bertz CT molecular complexity index is 583. The van der Waals surface area contributed by atoms with Gasteiger partial charge in [0.05, 0.1) is 6.33 Å². The average Bonchev–Trinajstić information content (AvgIpc) is 3.06. The van der Waals surface area contributed by atoms with E-state index in [0.29, 0.717) is 5.96 Å². The molecule has 0 spiro atoms. The van der Waals surface area contributed by atoms with Crippen LogP contribution in [0.4, 0.5) is 0 Å². The van der Waals surface area contributed by atoms with E-state index in [0.717, 1.165) is 47.6 Å². The highest BCUT2D eigenvalue weighted by Crippen LogP contribution is 2.15. The maximum atomic E-state index is 5.85. The highest BCUT2D eigenvalue weighted by molar-refractivity contribution is 9.10. The molecule has 2 rings (SSSR count). The zero-order valence-electron chi connectivity index (χ0n) is 13.0. The number of H-pyrrole nitrogens is 1. The van der Waals surface area contributed by atoms with Crippen molar-refractivity contribution in [2.45, 2.75) is 18.6 Å². The number of halogens is 1. The molecule has 0 bridgehead atoms. The molecule has 1 heterocycles. The second kappa shape index (κ2) is 10.3. The second-order valence-corrected chi connectivity index (χ2v) is 7.07. The monoisotopic (exact) mass is 395 g/mol. The molecule has 4 N–H and O–H groups in total. The van der Waals surface area contributed by atoms with Gasteiger partial charge in [0.1, 0.15) is 0 Å². The molecule has 0 amide bonds. The first-order chi connectivity index (χ1) is 11.2. The molecule has 0 atom stereocenters. The van der Waals surface area contributed by atoms with Crippen molar-refractivity contribution in [3.63, 3.8) is 0 Å². The van der Waals surface area contributed by atoms with Gasteiger partial charge in [-0.15, -0.1) is 0 Å². The van der Waals surface area contributed by atoms with Gasteiger partial charge < -0.3 is 16.0 Å². The normalized spacial score (nSPS) is 11.6. The number of aromatic amines is 1. The molecule has 0 unspecified atom stereocenters. The first-order valence-electron chi connectivity index (χ1n) is 7.57. The lowest BCUT2D eigenvalue weighted by atomic mass is 10.2. The van der Waals surface area contributed by atoms with Crippen molar-refractivity contribution in [2.24, 2.45) is 10.7 Å². The molecule has 5 nitrogen and oxygen atoms in total. The van der Waals surface area contributed by atoms with Crippen LogP contribution < -0.4 is 11.1 Å². The predicted octanol–water partition coefficient (Wildman–Crippen LogP) is 2.94. The van der Waals surface area contributed by atoms with Gasteiger partial charge in [-0.25, -0.2) is 4.98 Å². The second-order valence-electron chi connectivity index (χ2n) is 5.05. The summed E-state index contributed by atoms with van der Waals surface area (Å²) in [5.41, 5.74) is 8.31. The fraction of sp³-hybridized carbons (Fsp3) is 0.375. The minimum absolute atomic E-state index is 0.527. The van der Waals surface area contributed by atoms with Crippen LogP contribution in [0.25, 0.3) is 0 Å². The quantitative estimate of drug-likeness (QED) is 0.346. The molecular weight excluding hydrogens is 374 g/mol. The number of imidazole rings is 1. The van der Waals surface area contributed by atoms with E-state index >= 15 is 0 Å². The number of hydrogen-bond acceptors (Lipinski definition) is 3. The Morgan fingerprint density at radius 1 is 1.35 bits per heavy atom. The largest absolute Gasteiger partial charge is 0.370 e. The van der Waals surface area contributed by atoms with Crippen molar-refractivity contribution in [1.29, 1.82) is 0 Å². The van der Waals surface area contributed by atoms with Crippen LogP contribution in [0.3, 0.4) is 0 Å². The first kappa shape index (κ1) is 17.9. The summed E-state index contributed by atoms with van der Waals surface area (Å²) < 4.78 is 1.12. The number of benzene rings is 1. The summed E-state index contributed by atoms with van der Waals surface area (Å²) in [7, 11) is 0. The van der Waals surface area contributed by atoms with E-state index in [2.05, 4.69) is 60.5 Å². The van der Waals surface area contributed by atoms with Crippen LogP contribution in [-0.4, -0.2) is 34.8 Å². The average molecular weight is 396 g/mol. The molecule has 0 fully saturated rings. The molecule has 0 aliphatic rings. The van der Waals surface area contributed by atoms with Crippen LogP contribution in [0, 0.1) is 0 Å². The molecular formula is C16H22BrN5S. The van der Waals surface area contributed by atoms with Gasteiger partial charge in [-0.05, 0) is 30.5 Å². The number of aromatic nitrogens is 2. The van der Waals surface area contributed by atoms with Crippen LogP contribution in [0.1, 0.15) is 17.7 Å². The number of nitrogens with zero attached hydrogens (tertiary/aromatic N) is 2. The molecule has 1 aromatic carbocycles. The Labute approximate surface area is 149 Å². The number of nitrogens with one attached hydrogen (secondary N) is 2. The smallest absolute Gasteiger partial charge is 0.188 e. The van der Waals surface area contributed by atoms with Crippen LogP contribution in [0.15, 0.2) is 46.3 Å². The molecule has 23 heavy (non-hydrogen) atoms. The van der Waals surface area contributed by atoms with Crippen molar-refractivity contribution >= 4 is 33.7 Å². The van der Waals surface area contributed by atoms with E-state index in [-0.39, 0.29) is 0 Å². The third-order valence-corrected chi connectivity index (χ3v) is 4.73. The van der Waals surface area contributed by atoms with Gasteiger partial charge in [0.2, 0.25) is 0 Å². The number of aliphatic imine (C=N–C) groups is 1. The summed E-state index contributed by atoms with van der Waals surface area (Å²) in [6, 6.07) is 8.42. The summed E-state index contributed by atoms with van der Waals surface area (Å²) in [4.78, 5) is 11.4. The molecule has 2 aromatic rings. The van der Waals surface area contributed by atoms with Gasteiger partial charge in [0.25, 0.3) is 0 Å². The molecule has 1 aromatic heterocycles. The fourth-order valence-electron chi connectivity index (χ4n) is 1.97. The minimum atomic E-state index is 0.527. The van der Waals surface area contributed by atoms with Gasteiger partial charge in [0, 0.05) is 41.0 Å². The van der Waals surface area contributed by atoms with Gasteiger partial charge in [-0.2, -0.15) is 11.8 Å². The number of hydrogen-bond donors (Lipinski definition) is 3. The van der Waals surface area contributed by atoms with Crippen molar-refractivity contribution in [3.05, 3.63) is 52.5 Å². The third-order valence-electron chi connectivity index (χ3n) is 3.18. The lowest BCUT2D eigenvalue weighted by molar-refractivity contribution is 0.806. The van der Waals surface area contributed by atoms with E-state index in [1.165, 1.54) is 5.56 Å². The Kier molecular flexibility index (Phi) is 8.03. The summed E-state index contributed by atoms with van der Waals surface area (Å²) in [5.74, 6) is 2.54. The minimum Gasteiger partial charge on any atom is -0.370 e. The Hall–Kier alpha value is -1.47. The SMILES string of the molecule is NC(=NCCCc1cnc[nH]1)NCCSCc1ccc(Br)cc1. The van der Waals surface area contributed by atoms with E-state index < -0.39 is 0 Å². The number of aryl methyl sites for hydroxylation is 1. The molecule has 0 aliphatic carbocycles. The maximum absolute atomic E-state index is 5.85. The van der Waals surface area contributed by atoms with E-state index in [9.17, 15) is 0 Å². The summed E-state index contributed by atoms with van der Waals surface area (Å²) in [6.07, 6.45) is 5.44. The summed E-state index contributed by atoms with van der Waals surface area (Å²) in [5, 5.41) is 3.15. The number of nitrogens with two attached hydrogens (primary N) is 1. The Balaban J connectivity index is 1.51. The van der Waals surface area contributed by atoms with E-state index in [4.69, 9.17) is 5.73 Å². The van der Waals surface area contributed by atoms with Crippen molar-refractivity contribution < 1.29 is 0 Å². The Morgan fingerprint density at radius 2 is 2.17 bits per heavy atom. The maximum Gasteiger partial charge on any atom is 0.188 e. The van der Waals surface area contributed by atoms with Gasteiger partial charge in [0.15, 0.2) is 5.96 Å². The fourth-order valence-corrected chi connectivity index (χ4v) is 3.05. The topological polar surface area (TPSA) is 79.1 Å². The predicted molar refractivity (Wildman–Crippen MR) is 102 cm³/mol. The van der Waals surface area contributed by atoms with Crippen molar-refractivity contribution in [2.75, 3.05) is 18.8 Å². The van der Waals surface area contributed by atoms with Crippen LogP contribution in [-0.2, 0) is 12.2 Å². The van der Waals surface area contributed by atoms with Gasteiger partial charge in [-0.1, -0.05) is 28.1 Å². The molecule has 124 valence electrons. The summed E-state index contributed by atoms with van der Waals surface area (Å²) >= 11 is 5.32.